The predicted octanol–water partition coefficient (Wildman–Crippen LogP) is 5.39. The molecule has 0 radical (unpaired) electrons. The first kappa shape index (κ1) is 21.1. The molecule has 30 heavy (non-hydrogen) atoms. The molecule has 0 bridgehead atoms. The highest BCUT2D eigenvalue weighted by atomic mass is 16.5. The van der Waals surface area contributed by atoms with Crippen LogP contribution < -0.4 is 15.0 Å². The predicted molar refractivity (Wildman–Crippen MR) is 120 cm³/mol. The summed E-state index contributed by atoms with van der Waals surface area (Å²) in [5, 5.41) is 2.87. The van der Waals surface area contributed by atoms with Crippen molar-refractivity contribution < 1.29 is 14.3 Å². The number of unbranched alkanes of at least 4 members (excludes halogenated alkanes) is 1. The lowest BCUT2D eigenvalue weighted by atomic mass is 10.1. The standard InChI is InChI=1S/C25H26N2O3/c1-3-4-18-30-23-13-9-8-12-22(23)24(28)26-20-16-14-19(15-17-20)25(29)27(2)21-10-6-5-7-11-21/h5-17H,3-4,18H2,1-2H3,(H,26,28). The molecule has 154 valence electrons. The Hall–Kier alpha value is -3.60. The Morgan fingerprint density at radius 1 is 0.900 bits per heavy atom. The lowest BCUT2D eigenvalue weighted by Crippen LogP contribution is -2.26. The molecule has 0 saturated carbocycles. The van der Waals surface area contributed by atoms with Crippen molar-refractivity contribution in [2.75, 3.05) is 23.9 Å². The number of hydrogen-bond acceptors (Lipinski definition) is 3. The highest BCUT2D eigenvalue weighted by Crippen LogP contribution is 2.21. The summed E-state index contributed by atoms with van der Waals surface area (Å²) in [6.07, 6.45) is 1.96. The van der Waals surface area contributed by atoms with Crippen LogP contribution in [-0.2, 0) is 0 Å². The molecule has 0 aliphatic heterocycles. The molecule has 3 aromatic rings. The van der Waals surface area contributed by atoms with Crippen molar-refractivity contribution in [3.05, 3.63) is 90.0 Å². The average molecular weight is 402 g/mol. The first-order valence-corrected chi connectivity index (χ1v) is 10.1. The van der Waals surface area contributed by atoms with E-state index in [2.05, 4.69) is 12.2 Å². The monoisotopic (exact) mass is 402 g/mol. The number of nitrogens with zero attached hydrogens (tertiary/aromatic N) is 1. The fourth-order valence-corrected chi connectivity index (χ4v) is 2.96. The topological polar surface area (TPSA) is 58.6 Å². The van der Waals surface area contributed by atoms with Crippen molar-refractivity contribution in [2.24, 2.45) is 0 Å². The Balaban J connectivity index is 1.67. The van der Waals surface area contributed by atoms with Gasteiger partial charge in [0.1, 0.15) is 5.75 Å². The third kappa shape index (κ3) is 5.26. The number of hydrogen-bond donors (Lipinski definition) is 1. The maximum absolute atomic E-state index is 12.7. The molecule has 2 amide bonds. The summed E-state index contributed by atoms with van der Waals surface area (Å²) in [5.74, 6) is 0.205. The molecule has 3 aromatic carbocycles. The smallest absolute Gasteiger partial charge is 0.259 e. The zero-order chi connectivity index (χ0) is 21.3. The van der Waals surface area contributed by atoms with Crippen molar-refractivity contribution in [1.82, 2.24) is 0 Å². The Kier molecular flexibility index (Phi) is 7.22. The van der Waals surface area contributed by atoms with Crippen LogP contribution in [0.5, 0.6) is 5.75 Å². The van der Waals surface area contributed by atoms with Crippen molar-refractivity contribution in [2.45, 2.75) is 19.8 Å². The summed E-state index contributed by atoms with van der Waals surface area (Å²) in [5.41, 5.74) is 2.46. The number of para-hydroxylation sites is 2. The molecular weight excluding hydrogens is 376 g/mol. The Morgan fingerprint density at radius 3 is 2.27 bits per heavy atom. The van der Waals surface area contributed by atoms with Gasteiger partial charge < -0.3 is 15.0 Å². The Morgan fingerprint density at radius 2 is 1.57 bits per heavy atom. The van der Waals surface area contributed by atoms with Gasteiger partial charge in [0.25, 0.3) is 11.8 Å². The van der Waals surface area contributed by atoms with Gasteiger partial charge in [-0.15, -0.1) is 0 Å². The number of nitrogens with one attached hydrogen (secondary N) is 1. The van der Waals surface area contributed by atoms with E-state index in [9.17, 15) is 9.59 Å². The van der Waals surface area contributed by atoms with E-state index in [1.54, 1.807) is 48.3 Å². The molecule has 0 atom stereocenters. The van der Waals surface area contributed by atoms with Gasteiger partial charge in [0.2, 0.25) is 0 Å². The van der Waals surface area contributed by atoms with Crippen LogP contribution in [-0.4, -0.2) is 25.5 Å². The first-order chi connectivity index (χ1) is 14.6. The number of benzene rings is 3. The molecule has 0 heterocycles. The van der Waals surface area contributed by atoms with Crippen LogP contribution in [0, 0.1) is 0 Å². The number of carbonyl (C=O) groups excluding carboxylic acids is 2. The highest BCUT2D eigenvalue weighted by Gasteiger charge is 2.15. The molecule has 0 fully saturated rings. The number of ether oxygens (including phenoxy) is 1. The normalized spacial score (nSPS) is 10.3. The molecule has 5 heteroatoms. The maximum Gasteiger partial charge on any atom is 0.259 e. The number of rotatable bonds is 8. The fourth-order valence-electron chi connectivity index (χ4n) is 2.96. The van der Waals surface area contributed by atoms with Gasteiger partial charge in [-0.25, -0.2) is 0 Å². The zero-order valence-electron chi connectivity index (χ0n) is 17.3. The fraction of sp³-hybridized carbons (Fsp3) is 0.200. The molecular formula is C25H26N2O3. The highest BCUT2D eigenvalue weighted by molar-refractivity contribution is 6.08. The lowest BCUT2D eigenvalue weighted by Gasteiger charge is -2.17. The molecule has 3 rings (SSSR count). The van der Waals surface area contributed by atoms with Crippen LogP contribution in [0.15, 0.2) is 78.9 Å². The number of carbonyl (C=O) groups is 2. The first-order valence-electron chi connectivity index (χ1n) is 10.1. The van der Waals surface area contributed by atoms with E-state index in [1.807, 2.05) is 42.5 Å². The summed E-state index contributed by atoms with van der Waals surface area (Å²) in [4.78, 5) is 27.0. The van der Waals surface area contributed by atoms with Crippen LogP contribution >= 0.6 is 0 Å². The van der Waals surface area contributed by atoms with Gasteiger partial charge in [0, 0.05) is 24.0 Å². The molecule has 1 N–H and O–H groups in total. The second-order valence-electron chi connectivity index (χ2n) is 6.93. The molecule has 0 aliphatic carbocycles. The summed E-state index contributed by atoms with van der Waals surface area (Å²) in [6, 6.07) is 23.5. The molecule has 0 aliphatic rings. The lowest BCUT2D eigenvalue weighted by molar-refractivity contribution is 0.0991. The average Bonchev–Trinajstić information content (AvgIpc) is 2.79. The zero-order valence-corrected chi connectivity index (χ0v) is 17.3. The SMILES string of the molecule is CCCCOc1ccccc1C(=O)Nc1ccc(C(=O)N(C)c2ccccc2)cc1. The van der Waals surface area contributed by atoms with E-state index >= 15 is 0 Å². The van der Waals surface area contributed by atoms with Gasteiger partial charge in [0.15, 0.2) is 0 Å². The van der Waals surface area contributed by atoms with E-state index in [1.165, 1.54) is 0 Å². The molecule has 5 nitrogen and oxygen atoms in total. The minimum atomic E-state index is -0.248. The number of amides is 2. The molecule has 0 saturated heterocycles. The van der Waals surface area contributed by atoms with E-state index in [0.29, 0.717) is 29.2 Å². The van der Waals surface area contributed by atoms with Crippen LogP contribution in [0.25, 0.3) is 0 Å². The van der Waals surface area contributed by atoms with Gasteiger partial charge >= 0.3 is 0 Å². The van der Waals surface area contributed by atoms with Crippen LogP contribution in [0.1, 0.15) is 40.5 Å². The van der Waals surface area contributed by atoms with Crippen molar-refractivity contribution in [1.29, 1.82) is 0 Å². The molecule has 0 aromatic heterocycles. The van der Waals surface area contributed by atoms with E-state index in [4.69, 9.17) is 4.74 Å². The molecule has 0 unspecified atom stereocenters. The summed E-state index contributed by atoms with van der Waals surface area (Å²) in [6.45, 7) is 2.67. The van der Waals surface area contributed by atoms with Crippen molar-refractivity contribution >= 4 is 23.2 Å². The third-order valence-corrected chi connectivity index (χ3v) is 4.72. The quantitative estimate of drug-likeness (QED) is 0.514. The second kappa shape index (κ2) is 10.3. The van der Waals surface area contributed by atoms with E-state index in [0.717, 1.165) is 18.5 Å². The van der Waals surface area contributed by atoms with Gasteiger partial charge in [0.05, 0.1) is 12.2 Å². The Bertz CT molecular complexity index is 985. The largest absolute Gasteiger partial charge is 0.493 e. The van der Waals surface area contributed by atoms with E-state index in [-0.39, 0.29) is 11.8 Å². The van der Waals surface area contributed by atoms with E-state index < -0.39 is 0 Å². The summed E-state index contributed by atoms with van der Waals surface area (Å²) in [7, 11) is 1.74. The van der Waals surface area contributed by atoms with Crippen LogP contribution in [0.4, 0.5) is 11.4 Å². The van der Waals surface area contributed by atoms with Crippen molar-refractivity contribution in [3.63, 3.8) is 0 Å². The van der Waals surface area contributed by atoms with Gasteiger partial charge in [-0.05, 0) is 55.0 Å². The van der Waals surface area contributed by atoms with Crippen LogP contribution in [0.3, 0.4) is 0 Å². The Labute approximate surface area is 177 Å². The van der Waals surface area contributed by atoms with Gasteiger partial charge in [-0.1, -0.05) is 43.7 Å². The van der Waals surface area contributed by atoms with Crippen molar-refractivity contribution in [3.8, 4) is 5.75 Å². The van der Waals surface area contributed by atoms with Gasteiger partial charge in [-0.2, -0.15) is 0 Å². The summed E-state index contributed by atoms with van der Waals surface area (Å²) < 4.78 is 5.74. The minimum Gasteiger partial charge on any atom is -0.493 e. The maximum atomic E-state index is 12.7. The summed E-state index contributed by atoms with van der Waals surface area (Å²) >= 11 is 0. The van der Waals surface area contributed by atoms with Crippen LogP contribution in [0.2, 0.25) is 0 Å². The second-order valence-corrected chi connectivity index (χ2v) is 6.93. The minimum absolute atomic E-state index is 0.117. The molecule has 0 spiro atoms. The third-order valence-electron chi connectivity index (χ3n) is 4.72. The number of anilines is 2. The van der Waals surface area contributed by atoms with Gasteiger partial charge in [-0.3, -0.25) is 9.59 Å².